The third-order valence-electron chi connectivity index (χ3n) is 5.71. The predicted octanol–water partition coefficient (Wildman–Crippen LogP) is 4.02. The van der Waals surface area contributed by atoms with Gasteiger partial charge in [-0.3, -0.25) is 0 Å². The lowest BCUT2D eigenvalue weighted by molar-refractivity contribution is 0.413. The highest BCUT2D eigenvalue weighted by molar-refractivity contribution is 7.86. The number of hydrogen-bond acceptors (Lipinski definition) is 6. The molecular weight excluding hydrogens is 388 g/mol. The Balaban J connectivity index is 2.19. The molecule has 0 N–H and O–H groups in total. The average Bonchev–Trinajstić information content (AvgIpc) is 2.60. The molecule has 0 saturated heterocycles. The van der Waals surface area contributed by atoms with Gasteiger partial charge in [-0.2, -0.15) is 8.42 Å². The Labute approximate surface area is 162 Å². The van der Waals surface area contributed by atoms with Gasteiger partial charge in [-0.15, -0.1) is 0 Å². The van der Waals surface area contributed by atoms with Crippen LogP contribution >= 0.6 is 0 Å². The van der Waals surface area contributed by atoms with Crippen LogP contribution in [0.2, 0.25) is 0 Å². The highest BCUT2D eigenvalue weighted by Crippen LogP contribution is 2.44. The molecule has 0 amide bonds. The first-order chi connectivity index (χ1) is 12.6. The standard InChI is InChI=1S/C19H28O6S2/c1-26(20,21)25-16-12-17(14-8-4-2-5-9-14)19(27(22,23)24)18(13-16)15-10-6-3-7-11-15/h12-15H,2-11H2,1H3,(H,22,23,24)/p-1. The van der Waals surface area contributed by atoms with Crippen LogP contribution in [0.1, 0.15) is 87.2 Å². The van der Waals surface area contributed by atoms with Crippen LogP contribution in [0.25, 0.3) is 0 Å². The molecule has 8 heteroatoms. The maximum absolute atomic E-state index is 12.2. The van der Waals surface area contributed by atoms with Crippen molar-refractivity contribution < 1.29 is 25.6 Å². The fraction of sp³-hybridized carbons (Fsp3) is 0.684. The molecule has 1 aromatic carbocycles. The van der Waals surface area contributed by atoms with Gasteiger partial charge in [0.15, 0.2) is 0 Å². The van der Waals surface area contributed by atoms with Crippen LogP contribution in [0, 0.1) is 0 Å². The minimum absolute atomic E-state index is 0.0528. The summed E-state index contributed by atoms with van der Waals surface area (Å²) in [5.74, 6) is 0.0110. The summed E-state index contributed by atoms with van der Waals surface area (Å²) in [6.07, 6.45) is 10.2. The summed E-state index contributed by atoms with van der Waals surface area (Å²) in [6.45, 7) is 0. The van der Waals surface area contributed by atoms with Gasteiger partial charge in [0.1, 0.15) is 15.9 Å². The minimum atomic E-state index is -4.68. The van der Waals surface area contributed by atoms with Crippen molar-refractivity contribution in [3.8, 4) is 5.75 Å². The van der Waals surface area contributed by atoms with Crippen LogP contribution in [-0.2, 0) is 20.2 Å². The first kappa shape index (κ1) is 20.6. The normalized spacial score (nSPS) is 20.5. The van der Waals surface area contributed by atoms with E-state index in [1.165, 1.54) is 12.1 Å². The highest BCUT2D eigenvalue weighted by Gasteiger charge is 2.29. The summed E-state index contributed by atoms with van der Waals surface area (Å²) in [7, 11) is -8.43. The van der Waals surface area contributed by atoms with Crippen molar-refractivity contribution in [2.45, 2.75) is 80.9 Å². The number of hydrogen-bond donors (Lipinski definition) is 0. The first-order valence-electron chi connectivity index (χ1n) is 9.68. The molecule has 0 spiro atoms. The summed E-state index contributed by atoms with van der Waals surface area (Å²) in [6, 6.07) is 2.93. The van der Waals surface area contributed by atoms with Gasteiger partial charge in [-0.25, -0.2) is 8.42 Å². The van der Waals surface area contributed by atoms with Crippen LogP contribution in [0.3, 0.4) is 0 Å². The van der Waals surface area contributed by atoms with E-state index in [1.807, 2.05) is 0 Å². The number of benzene rings is 1. The van der Waals surface area contributed by atoms with Crippen molar-refractivity contribution in [3.05, 3.63) is 23.3 Å². The maximum atomic E-state index is 12.2. The molecule has 2 aliphatic carbocycles. The summed E-state index contributed by atoms with van der Waals surface area (Å²) in [5.41, 5.74) is 0.901. The zero-order valence-corrected chi connectivity index (χ0v) is 17.3. The smallest absolute Gasteiger partial charge is 0.306 e. The second kappa shape index (κ2) is 8.09. The van der Waals surface area contributed by atoms with E-state index in [0.717, 1.165) is 70.5 Å². The molecule has 27 heavy (non-hydrogen) atoms. The molecule has 2 saturated carbocycles. The second-order valence-corrected chi connectivity index (χ2v) is 10.7. The summed E-state index contributed by atoms with van der Waals surface area (Å²) >= 11 is 0. The van der Waals surface area contributed by atoms with E-state index >= 15 is 0 Å². The quantitative estimate of drug-likeness (QED) is 0.532. The van der Waals surface area contributed by atoms with Gasteiger partial charge in [0.05, 0.1) is 11.2 Å². The fourth-order valence-electron chi connectivity index (χ4n) is 4.59. The Morgan fingerprint density at radius 3 is 1.56 bits per heavy atom. The van der Waals surface area contributed by atoms with Gasteiger partial charge in [0.25, 0.3) is 0 Å². The third kappa shape index (κ3) is 5.23. The van der Waals surface area contributed by atoms with Crippen LogP contribution in [0.5, 0.6) is 5.75 Å². The molecule has 0 unspecified atom stereocenters. The zero-order valence-electron chi connectivity index (χ0n) is 15.6. The Bertz CT molecular complexity index is 838. The molecule has 0 heterocycles. The lowest BCUT2D eigenvalue weighted by Crippen LogP contribution is -2.17. The molecular formula is C19H27O6S2-. The first-order valence-corrected chi connectivity index (χ1v) is 12.9. The molecule has 152 valence electrons. The topological polar surface area (TPSA) is 101 Å². The Hall–Kier alpha value is -1.12. The van der Waals surface area contributed by atoms with E-state index in [1.54, 1.807) is 0 Å². The minimum Gasteiger partial charge on any atom is -0.744 e. The predicted molar refractivity (Wildman–Crippen MR) is 102 cm³/mol. The van der Waals surface area contributed by atoms with Gasteiger partial charge >= 0.3 is 10.1 Å². The SMILES string of the molecule is CS(=O)(=O)Oc1cc(C2CCCCC2)c(S(=O)(=O)[O-])c(C2CCCCC2)c1. The van der Waals surface area contributed by atoms with Crippen molar-refractivity contribution >= 4 is 20.2 Å². The van der Waals surface area contributed by atoms with Gasteiger partial charge in [0, 0.05) is 0 Å². The maximum Gasteiger partial charge on any atom is 0.306 e. The Kier molecular flexibility index (Phi) is 6.17. The monoisotopic (exact) mass is 415 g/mol. The third-order valence-corrected chi connectivity index (χ3v) is 7.17. The molecule has 1 aromatic rings. The lowest BCUT2D eigenvalue weighted by atomic mass is 9.79. The van der Waals surface area contributed by atoms with Crippen LogP contribution in [0.15, 0.2) is 17.0 Å². The average molecular weight is 416 g/mol. The van der Waals surface area contributed by atoms with E-state index in [-0.39, 0.29) is 22.5 Å². The van der Waals surface area contributed by atoms with Crippen LogP contribution < -0.4 is 4.18 Å². The molecule has 0 aromatic heterocycles. The molecule has 0 radical (unpaired) electrons. The van der Waals surface area contributed by atoms with Gasteiger partial charge in [-0.05, 0) is 60.8 Å². The molecule has 2 fully saturated rings. The highest BCUT2D eigenvalue weighted by atomic mass is 32.2. The van der Waals surface area contributed by atoms with Crippen molar-refractivity contribution in [1.29, 1.82) is 0 Å². The van der Waals surface area contributed by atoms with E-state index in [2.05, 4.69) is 0 Å². The Morgan fingerprint density at radius 1 is 0.815 bits per heavy atom. The Morgan fingerprint density at radius 2 is 1.22 bits per heavy atom. The number of rotatable bonds is 5. The van der Waals surface area contributed by atoms with E-state index in [4.69, 9.17) is 4.18 Å². The van der Waals surface area contributed by atoms with Crippen molar-refractivity contribution in [2.24, 2.45) is 0 Å². The molecule has 3 rings (SSSR count). The molecule has 0 atom stereocenters. The van der Waals surface area contributed by atoms with Crippen LogP contribution in [0.4, 0.5) is 0 Å². The molecule has 6 nitrogen and oxygen atoms in total. The second-order valence-electron chi connectivity index (χ2n) is 7.84. The summed E-state index contributed by atoms with van der Waals surface area (Å²) in [5, 5.41) is 0. The lowest BCUT2D eigenvalue weighted by Gasteiger charge is -2.31. The summed E-state index contributed by atoms with van der Waals surface area (Å²) < 4.78 is 65.1. The molecule has 0 bridgehead atoms. The summed E-state index contributed by atoms with van der Waals surface area (Å²) in [4.78, 5) is -0.123. The molecule has 0 aliphatic heterocycles. The van der Waals surface area contributed by atoms with E-state index in [9.17, 15) is 21.4 Å². The fourth-order valence-corrected chi connectivity index (χ4v) is 6.07. The largest absolute Gasteiger partial charge is 0.744 e. The van der Waals surface area contributed by atoms with E-state index < -0.39 is 20.2 Å². The van der Waals surface area contributed by atoms with Gasteiger partial charge in [-0.1, -0.05) is 38.5 Å². The van der Waals surface area contributed by atoms with Crippen molar-refractivity contribution in [3.63, 3.8) is 0 Å². The van der Waals surface area contributed by atoms with Crippen molar-refractivity contribution in [1.82, 2.24) is 0 Å². The van der Waals surface area contributed by atoms with Gasteiger partial charge < -0.3 is 8.74 Å². The zero-order chi connectivity index (χ0) is 19.7. The van der Waals surface area contributed by atoms with Crippen LogP contribution in [-0.4, -0.2) is 27.6 Å². The van der Waals surface area contributed by atoms with Crippen molar-refractivity contribution in [2.75, 3.05) is 6.26 Å². The van der Waals surface area contributed by atoms with Gasteiger partial charge in [0.2, 0.25) is 0 Å². The van der Waals surface area contributed by atoms with E-state index in [0.29, 0.717) is 11.1 Å². The molecule has 2 aliphatic rings.